The number of hydrogen-bond acceptors (Lipinski definition) is 16. The first-order chi connectivity index (χ1) is 32.3. The highest BCUT2D eigenvalue weighted by molar-refractivity contribution is 5.79. The van der Waals surface area contributed by atoms with Crippen molar-refractivity contribution in [3.05, 3.63) is 0 Å². The van der Waals surface area contributed by atoms with Crippen LogP contribution < -0.4 is 43.4 Å². The Labute approximate surface area is 397 Å². The van der Waals surface area contributed by atoms with Crippen LogP contribution >= 0.6 is 0 Å². The molecule has 0 aliphatic carbocycles. The number of primary amides is 2. The summed E-state index contributed by atoms with van der Waals surface area (Å²) in [5.41, 5.74) is 10.4. The smallest absolute Gasteiger partial charge is 0.246 e. The summed E-state index contributed by atoms with van der Waals surface area (Å²) in [6.07, 6.45) is 5.20. The molecule has 0 heterocycles. The van der Waals surface area contributed by atoms with E-state index in [0.717, 1.165) is 25.7 Å². The van der Waals surface area contributed by atoms with Gasteiger partial charge < -0.3 is 81.3 Å². The van der Waals surface area contributed by atoms with Gasteiger partial charge in [0.1, 0.15) is 26.4 Å². The molecule has 24 heteroatoms. The van der Waals surface area contributed by atoms with Crippen LogP contribution in [0.4, 0.5) is 0 Å². The maximum absolute atomic E-state index is 12.0. The van der Waals surface area contributed by atoms with Crippen LogP contribution in [-0.2, 0) is 76.3 Å². The molecule has 0 fully saturated rings. The molecular weight excluding hydrogens is 885 g/mol. The zero-order chi connectivity index (χ0) is 49.6. The molecule has 10 N–H and O–H groups in total. The summed E-state index contributed by atoms with van der Waals surface area (Å²) >= 11 is 0. The van der Waals surface area contributed by atoms with Crippen LogP contribution in [0.15, 0.2) is 0 Å². The molecule has 0 radical (unpaired) electrons. The van der Waals surface area contributed by atoms with Crippen LogP contribution in [0, 0.1) is 11.8 Å². The zero-order valence-corrected chi connectivity index (χ0v) is 39.8. The summed E-state index contributed by atoms with van der Waals surface area (Å²) in [4.78, 5) is 93.4. The molecule has 0 aliphatic rings. The van der Waals surface area contributed by atoms with Gasteiger partial charge in [0, 0.05) is 66.8 Å². The van der Waals surface area contributed by atoms with Crippen molar-refractivity contribution in [1.29, 1.82) is 0 Å². The van der Waals surface area contributed by atoms with Gasteiger partial charge in [-0.05, 0) is 32.1 Å². The lowest BCUT2D eigenvalue weighted by atomic mass is 10.0. The summed E-state index contributed by atoms with van der Waals surface area (Å²) < 4.78 is 42.6. The van der Waals surface area contributed by atoms with E-state index in [2.05, 4.69) is 31.9 Å². The maximum Gasteiger partial charge on any atom is 0.246 e. The molecule has 0 saturated heterocycles. The number of ether oxygens (including phenoxy) is 8. The molecule has 0 aromatic rings. The van der Waals surface area contributed by atoms with Crippen LogP contribution in [0.5, 0.6) is 0 Å². The molecule has 0 saturated carbocycles. The first kappa shape index (κ1) is 62.4. The molecule has 0 aromatic carbocycles. The first-order valence-corrected chi connectivity index (χ1v) is 23.1. The van der Waals surface area contributed by atoms with Crippen LogP contribution in [0.3, 0.4) is 0 Å². The highest BCUT2D eigenvalue weighted by Gasteiger charge is 2.10. The number of rotatable bonds is 48. The third-order valence-electron chi connectivity index (χ3n) is 9.25. The van der Waals surface area contributed by atoms with E-state index in [1.54, 1.807) is 13.8 Å². The van der Waals surface area contributed by atoms with Gasteiger partial charge in [0.25, 0.3) is 0 Å². The van der Waals surface area contributed by atoms with E-state index in [4.69, 9.17) is 49.4 Å². The summed E-state index contributed by atoms with van der Waals surface area (Å²) in [6, 6.07) is 0. The number of amides is 8. The van der Waals surface area contributed by atoms with Crippen molar-refractivity contribution in [2.45, 2.75) is 71.6 Å². The van der Waals surface area contributed by atoms with Gasteiger partial charge >= 0.3 is 0 Å². The fourth-order valence-electron chi connectivity index (χ4n) is 5.27. The van der Waals surface area contributed by atoms with Gasteiger partial charge in [0.2, 0.25) is 47.3 Å². The van der Waals surface area contributed by atoms with Crippen molar-refractivity contribution in [3.8, 4) is 0 Å². The third kappa shape index (κ3) is 45.0. The minimum absolute atomic E-state index is 0. The van der Waals surface area contributed by atoms with E-state index in [-0.39, 0.29) is 207 Å². The summed E-state index contributed by atoms with van der Waals surface area (Å²) in [5, 5.41) is 16.2. The molecule has 0 spiro atoms. The Morgan fingerprint density at radius 2 is 0.597 bits per heavy atom. The van der Waals surface area contributed by atoms with Crippen molar-refractivity contribution >= 4 is 47.3 Å². The molecule has 392 valence electrons. The lowest BCUT2D eigenvalue weighted by Gasteiger charge is -2.09. The van der Waals surface area contributed by atoms with Gasteiger partial charge in [0.15, 0.2) is 0 Å². The Morgan fingerprint density at radius 1 is 0.343 bits per heavy atom. The first-order valence-electron chi connectivity index (χ1n) is 23.1. The van der Waals surface area contributed by atoms with E-state index < -0.39 is 0 Å². The molecule has 0 aromatic heterocycles. The van der Waals surface area contributed by atoms with Crippen LogP contribution in [0.25, 0.3) is 0 Å². The second kappa shape index (κ2) is 45.2. The SMILES string of the molecule is C[C@@H](CCCCNC(=O)COCCOCCNC(=O)COCCOCCNC(=O)CCCC(=O)NCCOCCOCC(=O)NCCOCCOCC(=O)NCCCC[C@H](C)C(N)=O)C(N)=O.[HH].[HH]. The summed E-state index contributed by atoms with van der Waals surface area (Å²) in [5.74, 6) is -2.48. The van der Waals surface area contributed by atoms with E-state index >= 15 is 0 Å². The van der Waals surface area contributed by atoms with Crippen LogP contribution in [-0.4, -0.2) is 192 Å². The van der Waals surface area contributed by atoms with E-state index in [1.165, 1.54) is 0 Å². The number of unbranched alkanes of at least 4 members (excludes halogenated alkanes) is 2. The number of hydrogen-bond donors (Lipinski definition) is 8. The van der Waals surface area contributed by atoms with Crippen LogP contribution in [0.1, 0.15) is 74.5 Å². The number of carbonyl (C=O) groups is 8. The third-order valence-corrected chi connectivity index (χ3v) is 9.25. The summed E-state index contributed by atoms with van der Waals surface area (Å²) in [7, 11) is 0. The van der Waals surface area contributed by atoms with Crippen molar-refractivity contribution < 1.29 is 79.1 Å². The molecule has 0 bridgehead atoms. The Morgan fingerprint density at radius 3 is 0.881 bits per heavy atom. The molecular formula is C43H84N8O16. The van der Waals surface area contributed by atoms with Gasteiger partial charge in [-0.3, -0.25) is 38.4 Å². The van der Waals surface area contributed by atoms with E-state index in [9.17, 15) is 38.4 Å². The Bertz CT molecular complexity index is 1280. The van der Waals surface area contributed by atoms with E-state index in [0.29, 0.717) is 32.4 Å². The lowest BCUT2D eigenvalue weighted by molar-refractivity contribution is -0.127. The molecule has 2 atom stereocenters. The average Bonchev–Trinajstić information content (AvgIpc) is 3.29. The van der Waals surface area contributed by atoms with Crippen molar-refractivity contribution in [3.63, 3.8) is 0 Å². The Hall–Kier alpha value is -4.56. The molecule has 0 unspecified atom stereocenters. The van der Waals surface area contributed by atoms with E-state index in [1.807, 2.05) is 0 Å². The zero-order valence-electron chi connectivity index (χ0n) is 39.8. The standard InChI is InChI=1S/C43H80N8O16.2H2/c1-34(42(44)58)8-3-5-12-46-38(54)30-64-26-24-62-20-16-50-40(56)32-66-28-22-60-18-14-48-36(52)10-7-11-37(53)49-15-19-61-23-29-67-33-41(57)51-17-21-63-25-27-65-31-39(55)47-13-6-4-9-35(2)43(45)59;;/h34-35H,3-33H2,1-2H3,(H2,44,58)(H2,45,59)(H,46,54)(H,47,55)(H,48,52)(H,49,53)(H,50,56)(H,51,57);2*1H/t34-,35-;;/m0../s1. The fourth-order valence-corrected chi connectivity index (χ4v) is 5.27. The minimum Gasteiger partial charge on any atom is -0.377 e. The largest absolute Gasteiger partial charge is 0.377 e. The average molecular weight is 969 g/mol. The quantitative estimate of drug-likeness (QED) is 0.0308. The topological polar surface area (TPSA) is 335 Å². The minimum atomic E-state index is -0.323. The fraction of sp³-hybridized carbons (Fsp3) is 0.814. The van der Waals surface area contributed by atoms with Gasteiger partial charge in [-0.1, -0.05) is 26.7 Å². The Kier molecular flexibility index (Phi) is 42.2. The maximum atomic E-state index is 12.0. The predicted octanol–water partition coefficient (Wildman–Crippen LogP) is -1.94. The van der Waals surface area contributed by atoms with Crippen molar-refractivity contribution in [2.24, 2.45) is 23.3 Å². The van der Waals surface area contributed by atoms with Gasteiger partial charge in [-0.25, -0.2) is 0 Å². The lowest BCUT2D eigenvalue weighted by Crippen LogP contribution is -2.32. The monoisotopic (exact) mass is 969 g/mol. The highest BCUT2D eigenvalue weighted by atomic mass is 16.5. The molecule has 24 nitrogen and oxygen atoms in total. The summed E-state index contributed by atoms with van der Waals surface area (Å²) in [6.45, 7) is 8.14. The predicted molar refractivity (Wildman–Crippen MR) is 247 cm³/mol. The Balaban J connectivity index is -0.0000218. The number of nitrogens with two attached hydrogens (primary N) is 2. The van der Waals surface area contributed by atoms with Gasteiger partial charge in [0.05, 0.1) is 79.3 Å². The van der Waals surface area contributed by atoms with Gasteiger partial charge in [-0.15, -0.1) is 0 Å². The molecule has 8 amide bonds. The van der Waals surface area contributed by atoms with Crippen molar-refractivity contribution in [1.82, 2.24) is 31.9 Å². The number of carbonyl (C=O) groups excluding carboxylic acids is 8. The second-order valence-corrected chi connectivity index (χ2v) is 15.2. The molecule has 0 rings (SSSR count). The van der Waals surface area contributed by atoms with Gasteiger partial charge in [-0.2, -0.15) is 0 Å². The molecule has 0 aliphatic heterocycles. The highest BCUT2D eigenvalue weighted by Crippen LogP contribution is 2.07. The number of nitrogens with one attached hydrogen (secondary N) is 6. The van der Waals surface area contributed by atoms with Crippen LogP contribution in [0.2, 0.25) is 0 Å². The normalized spacial score (nSPS) is 11.9. The second-order valence-electron chi connectivity index (χ2n) is 15.2. The van der Waals surface area contributed by atoms with Crippen molar-refractivity contribution in [2.75, 3.05) is 145 Å². The molecule has 67 heavy (non-hydrogen) atoms.